The Morgan fingerprint density at radius 2 is 2.13 bits per heavy atom. The molecule has 0 saturated heterocycles. The summed E-state index contributed by atoms with van der Waals surface area (Å²) in [6, 6.07) is 6.94. The number of benzene rings is 1. The van der Waals surface area contributed by atoms with E-state index in [-0.39, 0.29) is 0 Å². The monoisotopic (exact) mass is 206 g/mol. The van der Waals surface area contributed by atoms with Crippen molar-refractivity contribution < 1.29 is 14.8 Å². The molecule has 80 valence electrons. The maximum Gasteiger partial charge on any atom is 0.488 e. The average Bonchev–Trinajstić information content (AvgIpc) is 2.16. The van der Waals surface area contributed by atoms with Crippen molar-refractivity contribution in [2.75, 3.05) is 6.61 Å². The van der Waals surface area contributed by atoms with Crippen LogP contribution in [0.25, 0.3) is 0 Å². The van der Waals surface area contributed by atoms with E-state index in [2.05, 4.69) is 0 Å². The zero-order valence-corrected chi connectivity index (χ0v) is 8.60. The van der Waals surface area contributed by atoms with Gasteiger partial charge in [-0.3, -0.25) is 0 Å². The fourth-order valence-corrected chi connectivity index (χ4v) is 1.64. The Hall–Kier alpha value is -0.995. The molecule has 0 unspecified atom stereocenters. The van der Waals surface area contributed by atoms with E-state index >= 15 is 0 Å². The largest absolute Gasteiger partial charge is 0.493 e. The maximum absolute atomic E-state index is 8.98. The average molecular weight is 206 g/mol. The lowest BCUT2D eigenvalue weighted by Gasteiger charge is -2.25. The summed E-state index contributed by atoms with van der Waals surface area (Å²) < 4.78 is 5.58. The van der Waals surface area contributed by atoms with Gasteiger partial charge in [0.15, 0.2) is 0 Å². The van der Waals surface area contributed by atoms with E-state index in [1.54, 1.807) is 18.2 Å². The van der Waals surface area contributed by atoms with E-state index in [0.29, 0.717) is 17.1 Å². The van der Waals surface area contributed by atoms with E-state index in [9.17, 15) is 0 Å². The van der Waals surface area contributed by atoms with Gasteiger partial charge < -0.3 is 14.8 Å². The molecule has 4 heteroatoms. The Morgan fingerprint density at radius 3 is 2.73 bits per heavy atom. The van der Waals surface area contributed by atoms with Gasteiger partial charge in [-0.2, -0.15) is 0 Å². The lowest BCUT2D eigenvalue weighted by Crippen LogP contribution is -2.29. The van der Waals surface area contributed by atoms with Gasteiger partial charge in [0.05, 0.1) is 6.61 Å². The molecule has 2 N–H and O–H groups in total. The molecule has 0 aliphatic heterocycles. The highest BCUT2D eigenvalue weighted by Crippen LogP contribution is 2.26. The Kier molecular flexibility index (Phi) is 3.28. The van der Waals surface area contributed by atoms with E-state index in [1.807, 2.05) is 6.07 Å². The van der Waals surface area contributed by atoms with Gasteiger partial charge in [-0.05, 0) is 36.4 Å². The molecule has 1 aromatic rings. The molecule has 2 rings (SSSR count). The highest BCUT2D eigenvalue weighted by Gasteiger charge is 2.18. The lowest BCUT2D eigenvalue weighted by atomic mass is 9.80. The minimum absolute atomic E-state index is 0.473. The third-order valence-electron chi connectivity index (χ3n) is 2.87. The van der Waals surface area contributed by atoms with Crippen LogP contribution in [0.2, 0.25) is 0 Å². The summed E-state index contributed by atoms with van der Waals surface area (Å²) in [5.41, 5.74) is 0.473. The van der Waals surface area contributed by atoms with Crippen molar-refractivity contribution in [2.45, 2.75) is 19.3 Å². The van der Waals surface area contributed by atoms with Gasteiger partial charge in [0.25, 0.3) is 0 Å². The number of rotatable bonds is 4. The molecule has 1 saturated carbocycles. The van der Waals surface area contributed by atoms with Crippen LogP contribution in [-0.2, 0) is 0 Å². The Balaban J connectivity index is 1.92. The van der Waals surface area contributed by atoms with Crippen LogP contribution >= 0.6 is 0 Å². The predicted octanol–water partition coefficient (Wildman–Crippen LogP) is 0.545. The predicted molar refractivity (Wildman–Crippen MR) is 59.1 cm³/mol. The second kappa shape index (κ2) is 4.68. The first-order valence-corrected chi connectivity index (χ1v) is 5.34. The second-order valence-electron chi connectivity index (χ2n) is 4.05. The van der Waals surface area contributed by atoms with Crippen LogP contribution in [0.3, 0.4) is 0 Å². The minimum atomic E-state index is -1.42. The van der Waals surface area contributed by atoms with Gasteiger partial charge in [-0.1, -0.05) is 18.6 Å². The van der Waals surface area contributed by atoms with E-state index in [1.165, 1.54) is 19.3 Å². The Morgan fingerprint density at radius 1 is 1.33 bits per heavy atom. The topological polar surface area (TPSA) is 49.7 Å². The van der Waals surface area contributed by atoms with Crippen molar-refractivity contribution in [3.63, 3.8) is 0 Å². The van der Waals surface area contributed by atoms with Gasteiger partial charge in [0.1, 0.15) is 5.75 Å². The lowest BCUT2D eigenvalue weighted by molar-refractivity contribution is 0.180. The van der Waals surface area contributed by atoms with E-state index in [4.69, 9.17) is 14.8 Å². The summed E-state index contributed by atoms with van der Waals surface area (Å²) in [5.74, 6) is 1.40. The normalized spacial score (nSPS) is 15.9. The summed E-state index contributed by atoms with van der Waals surface area (Å²) in [4.78, 5) is 0. The number of hydrogen-bond donors (Lipinski definition) is 2. The third-order valence-corrected chi connectivity index (χ3v) is 2.87. The third kappa shape index (κ3) is 2.73. The van der Waals surface area contributed by atoms with Crippen molar-refractivity contribution in [3.05, 3.63) is 24.3 Å². The summed E-state index contributed by atoms with van der Waals surface area (Å²) in [6.07, 6.45) is 3.81. The van der Waals surface area contributed by atoms with E-state index in [0.717, 1.165) is 6.61 Å². The molecule has 0 amide bonds. The molecule has 0 spiro atoms. The van der Waals surface area contributed by atoms with Gasteiger partial charge in [0, 0.05) is 0 Å². The zero-order chi connectivity index (χ0) is 10.7. The number of hydrogen-bond acceptors (Lipinski definition) is 3. The Bertz CT molecular complexity index is 323. The molecule has 0 aromatic heterocycles. The highest BCUT2D eigenvalue weighted by atomic mass is 16.5. The summed E-state index contributed by atoms with van der Waals surface area (Å²) >= 11 is 0. The summed E-state index contributed by atoms with van der Waals surface area (Å²) in [5, 5.41) is 18.0. The fraction of sp³-hybridized carbons (Fsp3) is 0.455. The SMILES string of the molecule is OB(O)c1cccc(OCC2CCC2)c1. The van der Waals surface area contributed by atoms with Crippen LogP contribution in [0.15, 0.2) is 24.3 Å². The smallest absolute Gasteiger partial charge is 0.488 e. The zero-order valence-electron chi connectivity index (χ0n) is 8.60. The molecule has 0 atom stereocenters. The van der Waals surface area contributed by atoms with Crippen molar-refractivity contribution in [1.82, 2.24) is 0 Å². The summed E-state index contributed by atoms with van der Waals surface area (Å²) in [7, 11) is -1.42. The quantitative estimate of drug-likeness (QED) is 0.707. The summed E-state index contributed by atoms with van der Waals surface area (Å²) in [6.45, 7) is 0.741. The van der Waals surface area contributed by atoms with Crippen molar-refractivity contribution in [1.29, 1.82) is 0 Å². The van der Waals surface area contributed by atoms with Gasteiger partial charge in [-0.15, -0.1) is 0 Å². The van der Waals surface area contributed by atoms with Gasteiger partial charge in [0.2, 0.25) is 0 Å². The molecule has 0 heterocycles. The molecule has 1 fully saturated rings. The standard InChI is InChI=1S/C11H15BO3/c13-12(14)10-5-2-6-11(7-10)15-8-9-3-1-4-9/h2,5-7,9,13-14H,1,3-4,8H2. The molecular weight excluding hydrogens is 191 g/mol. The Labute approximate surface area is 89.8 Å². The number of ether oxygens (including phenoxy) is 1. The van der Waals surface area contributed by atoms with Crippen LogP contribution in [-0.4, -0.2) is 23.8 Å². The van der Waals surface area contributed by atoms with Crippen molar-refractivity contribution in [2.24, 2.45) is 5.92 Å². The van der Waals surface area contributed by atoms with Crippen LogP contribution in [0, 0.1) is 5.92 Å². The van der Waals surface area contributed by atoms with Crippen molar-refractivity contribution in [3.8, 4) is 5.75 Å². The van der Waals surface area contributed by atoms with Crippen LogP contribution in [0.1, 0.15) is 19.3 Å². The first-order chi connectivity index (χ1) is 7.25. The maximum atomic E-state index is 8.98. The van der Waals surface area contributed by atoms with Crippen LogP contribution < -0.4 is 10.2 Å². The molecule has 3 nitrogen and oxygen atoms in total. The molecule has 1 aromatic carbocycles. The molecular formula is C11H15BO3. The van der Waals surface area contributed by atoms with Gasteiger partial charge in [-0.25, -0.2) is 0 Å². The molecule has 0 radical (unpaired) electrons. The highest BCUT2D eigenvalue weighted by molar-refractivity contribution is 6.58. The fourth-order valence-electron chi connectivity index (χ4n) is 1.64. The van der Waals surface area contributed by atoms with Crippen LogP contribution in [0.5, 0.6) is 5.75 Å². The molecule has 1 aliphatic rings. The molecule has 1 aliphatic carbocycles. The van der Waals surface area contributed by atoms with Crippen molar-refractivity contribution >= 4 is 12.6 Å². The second-order valence-corrected chi connectivity index (χ2v) is 4.05. The molecule has 0 bridgehead atoms. The van der Waals surface area contributed by atoms with Crippen LogP contribution in [0.4, 0.5) is 0 Å². The first kappa shape index (κ1) is 10.5. The van der Waals surface area contributed by atoms with Gasteiger partial charge >= 0.3 is 7.12 Å². The van der Waals surface area contributed by atoms with E-state index < -0.39 is 7.12 Å². The molecule has 15 heavy (non-hydrogen) atoms. The minimum Gasteiger partial charge on any atom is -0.493 e. The first-order valence-electron chi connectivity index (χ1n) is 5.34.